The molecule has 0 amide bonds. The zero-order valence-electron chi connectivity index (χ0n) is 12.4. The van der Waals surface area contributed by atoms with Crippen LogP contribution in [0.25, 0.3) is 11.3 Å². The molecule has 0 atom stereocenters. The van der Waals surface area contributed by atoms with Gasteiger partial charge in [-0.05, 0) is 48.9 Å². The van der Waals surface area contributed by atoms with Gasteiger partial charge in [0.2, 0.25) is 0 Å². The molecule has 0 saturated heterocycles. The molecule has 1 N–H and O–H groups in total. The Morgan fingerprint density at radius 3 is 2.43 bits per heavy atom. The molecule has 0 spiro atoms. The minimum atomic E-state index is 0.538. The Hall–Kier alpha value is -1.61. The van der Waals surface area contributed by atoms with E-state index in [-0.39, 0.29) is 0 Å². The molecule has 23 heavy (non-hydrogen) atoms. The SMILES string of the molecule is Cc1c(Cl)cccc1-c1ccc(CNc2cc(Cl)cc(Cl)c2)o1. The third-order valence-corrected chi connectivity index (χ3v) is 4.37. The van der Waals surface area contributed by atoms with Crippen LogP contribution in [0.5, 0.6) is 0 Å². The number of anilines is 1. The molecule has 1 aromatic heterocycles. The van der Waals surface area contributed by atoms with Gasteiger partial charge in [-0.1, -0.05) is 46.9 Å². The monoisotopic (exact) mass is 365 g/mol. The molecule has 3 aromatic rings. The van der Waals surface area contributed by atoms with E-state index >= 15 is 0 Å². The van der Waals surface area contributed by atoms with Gasteiger partial charge in [0.1, 0.15) is 11.5 Å². The molecular formula is C18H14Cl3NO. The Balaban J connectivity index is 1.76. The second-order valence-corrected chi connectivity index (χ2v) is 6.47. The van der Waals surface area contributed by atoms with E-state index < -0.39 is 0 Å². The third-order valence-electron chi connectivity index (χ3n) is 3.52. The molecule has 0 saturated carbocycles. The molecule has 2 nitrogen and oxygen atoms in total. The number of benzene rings is 2. The lowest BCUT2D eigenvalue weighted by molar-refractivity contribution is 0.531. The molecule has 0 bridgehead atoms. The fraction of sp³-hybridized carbons (Fsp3) is 0.111. The smallest absolute Gasteiger partial charge is 0.134 e. The van der Waals surface area contributed by atoms with E-state index in [2.05, 4.69) is 5.32 Å². The van der Waals surface area contributed by atoms with Crippen molar-refractivity contribution in [1.82, 2.24) is 0 Å². The molecule has 3 rings (SSSR count). The first-order chi connectivity index (χ1) is 11.0. The highest BCUT2D eigenvalue weighted by Gasteiger charge is 2.09. The highest BCUT2D eigenvalue weighted by molar-refractivity contribution is 6.35. The molecule has 5 heteroatoms. The topological polar surface area (TPSA) is 25.2 Å². The summed E-state index contributed by atoms with van der Waals surface area (Å²) in [4.78, 5) is 0. The minimum absolute atomic E-state index is 0.538. The number of nitrogens with one attached hydrogen (secondary N) is 1. The number of rotatable bonds is 4. The molecule has 118 valence electrons. The lowest BCUT2D eigenvalue weighted by Crippen LogP contribution is -1.97. The predicted octanol–water partition coefficient (Wildman–Crippen LogP) is 6.83. The summed E-state index contributed by atoms with van der Waals surface area (Å²) in [6.45, 7) is 2.52. The largest absolute Gasteiger partial charge is 0.459 e. The van der Waals surface area contributed by atoms with Crippen molar-refractivity contribution in [2.75, 3.05) is 5.32 Å². The fourth-order valence-electron chi connectivity index (χ4n) is 2.34. The van der Waals surface area contributed by atoms with Crippen LogP contribution < -0.4 is 5.32 Å². The molecule has 0 unspecified atom stereocenters. The first-order valence-electron chi connectivity index (χ1n) is 7.07. The van der Waals surface area contributed by atoms with Crippen molar-refractivity contribution < 1.29 is 4.42 Å². The van der Waals surface area contributed by atoms with Gasteiger partial charge in [0.15, 0.2) is 0 Å². The lowest BCUT2D eigenvalue weighted by atomic mass is 10.1. The van der Waals surface area contributed by atoms with Crippen molar-refractivity contribution in [1.29, 1.82) is 0 Å². The Kier molecular flexibility index (Phi) is 4.86. The van der Waals surface area contributed by atoms with E-state index in [9.17, 15) is 0 Å². The maximum atomic E-state index is 6.16. The van der Waals surface area contributed by atoms with Crippen molar-refractivity contribution in [2.45, 2.75) is 13.5 Å². The number of halogens is 3. The minimum Gasteiger partial charge on any atom is -0.459 e. The Bertz CT molecular complexity index is 822. The summed E-state index contributed by atoms with van der Waals surface area (Å²) in [5.74, 6) is 1.61. The van der Waals surface area contributed by atoms with Gasteiger partial charge in [0.25, 0.3) is 0 Å². The van der Waals surface area contributed by atoms with Gasteiger partial charge in [-0.25, -0.2) is 0 Å². The zero-order chi connectivity index (χ0) is 16.4. The predicted molar refractivity (Wildman–Crippen MR) is 97.7 cm³/mol. The maximum Gasteiger partial charge on any atom is 0.134 e. The van der Waals surface area contributed by atoms with Gasteiger partial charge >= 0.3 is 0 Å². The van der Waals surface area contributed by atoms with Crippen molar-refractivity contribution >= 4 is 40.5 Å². The summed E-state index contributed by atoms with van der Waals surface area (Å²) in [5, 5.41) is 5.16. The van der Waals surface area contributed by atoms with Gasteiger partial charge in [0.05, 0.1) is 6.54 Å². The van der Waals surface area contributed by atoms with Crippen LogP contribution in [0.15, 0.2) is 52.9 Å². The van der Waals surface area contributed by atoms with Crippen molar-refractivity contribution in [3.63, 3.8) is 0 Å². The molecule has 0 radical (unpaired) electrons. The fourth-order valence-corrected chi connectivity index (χ4v) is 3.04. The second kappa shape index (κ2) is 6.88. The quantitative estimate of drug-likeness (QED) is 0.547. The number of furan rings is 1. The van der Waals surface area contributed by atoms with Crippen LogP contribution in [0.2, 0.25) is 15.1 Å². The lowest BCUT2D eigenvalue weighted by Gasteiger charge is -2.06. The highest BCUT2D eigenvalue weighted by Crippen LogP contribution is 2.30. The normalized spacial score (nSPS) is 10.8. The average Bonchev–Trinajstić information content (AvgIpc) is 2.96. The second-order valence-electron chi connectivity index (χ2n) is 5.19. The average molecular weight is 367 g/mol. The van der Waals surface area contributed by atoms with Crippen molar-refractivity contribution in [3.8, 4) is 11.3 Å². The zero-order valence-corrected chi connectivity index (χ0v) is 14.6. The Morgan fingerprint density at radius 1 is 0.957 bits per heavy atom. The van der Waals surface area contributed by atoms with Gasteiger partial charge < -0.3 is 9.73 Å². The van der Waals surface area contributed by atoms with Crippen LogP contribution in [0, 0.1) is 6.92 Å². The maximum absolute atomic E-state index is 6.16. The van der Waals surface area contributed by atoms with E-state index in [1.54, 1.807) is 6.07 Å². The number of hydrogen-bond donors (Lipinski definition) is 1. The van der Waals surface area contributed by atoms with Gasteiger partial charge in [-0.15, -0.1) is 0 Å². The van der Waals surface area contributed by atoms with Gasteiger partial charge in [-0.3, -0.25) is 0 Å². The van der Waals surface area contributed by atoms with Gasteiger partial charge in [0, 0.05) is 26.3 Å². The van der Waals surface area contributed by atoms with Crippen LogP contribution in [0.1, 0.15) is 11.3 Å². The van der Waals surface area contributed by atoms with Crippen LogP contribution in [0.3, 0.4) is 0 Å². The van der Waals surface area contributed by atoms with E-state index in [1.807, 2.05) is 49.4 Å². The Labute approximate surface area is 150 Å². The molecule has 0 aliphatic heterocycles. The van der Waals surface area contributed by atoms with Crippen LogP contribution >= 0.6 is 34.8 Å². The molecular weight excluding hydrogens is 353 g/mol. The summed E-state index contributed by atoms with van der Waals surface area (Å²) < 4.78 is 5.90. The van der Waals surface area contributed by atoms with Crippen molar-refractivity contribution in [3.05, 3.63) is 74.9 Å². The van der Waals surface area contributed by atoms with Crippen LogP contribution in [-0.2, 0) is 6.54 Å². The first-order valence-corrected chi connectivity index (χ1v) is 8.20. The summed E-state index contributed by atoms with van der Waals surface area (Å²) in [5.41, 5.74) is 2.85. The molecule has 0 aliphatic carbocycles. The van der Waals surface area contributed by atoms with Crippen molar-refractivity contribution in [2.24, 2.45) is 0 Å². The van der Waals surface area contributed by atoms with Gasteiger partial charge in [-0.2, -0.15) is 0 Å². The molecule has 2 aromatic carbocycles. The Morgan fingerprint density at radius 2 is 1.70 bits per heavy atom. The third kappa shape index (κ3) is 3.84. The van der Waals surface area contributed by atoms with E-state index in [1.165, 1.54) is 0 Å². The van der Waals surface area contributed by atoms with Crippen LogP contribution in [0.4, 0.5) is 5.69 Å². The highest BCUT2D eigenvalue weighted by atomic mass is 35.5. The van der Waals surface area contributed by atoms with Crippen LogP contribution in [-0.4, -0.2) is 0 Å². The molecule has 0 aliphatic rings. The molecule has 0 fully saturated rings. The van der Waals surface area contributed by atoms with E-state index in [4.69, 9.17) is 39.2 Å². The summed E-state index contributed by atoms with van der Waals surface area (Å²) in [6, 6.07) is 15.0. The standard InChI is InChI=1S/C18H14Cl3NO/c1-11-16(3-2-4-17(11)21)18-6-5-15(23-18)10-22-14-8-12(19)7-13(20)9-14/h2-9,22H,10H2,1H3. The van der Waals surface area contributed by atoms with E-state index in [0.29, 0.717) is 16.6 Å². The van der Waals surface area contributed by atoms with E-state index in [0.717, 1.165) is 33.4 Å². The summed E-state index contributed by atoms with van der Waals surface area (Å²) >= 11 is 18.1. The first kappa shape index (κ1) is 16.3. The summed E-state index contributed by atoms with van der Waals surface area (Å²) in [7, 11) is 0. The summed E-state index contributed by atoms with van der Waals surface area (Å²) in [6.07, 6.45) is 0. The molecule has 1 heterocycles. The number of hydrogen-bond acceptors (Lipinski definition) is 2.